The second kappa shape index (κ2) is 12.3. The summed E-state index contributed by atoms with van der Waals surface area (Å²) in [7, 11) is -11.1. The van der Waals surface area contributed by atoms with Crippen molar-refractivity contribution >= 4 is 33.4 Å². The number of amides is 2. The number of phosphoric acid groups is 2. The first kappa shape index (κ1) is 31.0. The molecule has 1 fully saturated rings. The van der Waals surface area contributed by atoms with Crippen molar-refractivity contribution in [2.75, 3.05) is 6.61 Å². The Bertz CT molecular complexity index is 1550. The number of benzene rings is 2. The third-order valence-electron chi connectivity index (χ3n) is 6.45. The number of hydrogen-bond acceptors (Lipinski definition) is 13. The van der Waals surface area contributed by atoms with Crippen LogP contribution < -0.4 is 15.1 Å². The number of aliphatic hydroxyl groups is 2. The Morgan fingerprint density at radius 1 is 1.02 bits per heavy atom. The summed E-state index contributed by atoms with van der Waals surface area (Å²) in [6.45, 7) is -1.73. The number of urea groups is 1. The summed E-state index contributed by atoms with van der Waals surface area (Å²) in [4.78, 5) is 49.0. The molecule has 2 amide bonds. The number of nitrogens with one attached hydrogen (secondary N) is 1. The second-order valence-corrected chi connectivity index (χ2v) is 12.4. The minimum atomic E-state index is -5.62. The summed E-state index contributed by atoms with van der Waals surface area (Å²) in [5.74, 6) is -0.786. The van der Waals surface area contributed by atoms with Gasteiger partial charge in [-0.1, -0.05) is 42.5 Å². The van der Waals surface area contributed by atoms with Crippen molar-refractivity contribution in [3.05, 3.63) is 89.1 Å². The van der Waals surface area contributed by atoms with Crippen LogP contribution in [0.2, 0.25) is 0 Å². The number of carbonyl (C=O) groups is 2. The van der Waals surface area contributed by atoms with Crippen LogP contribution in [-0.2, 0) is 38.6 Å². The lowest BCUT2D eigenvalue weighted by molar-refractivity contribution is -0.246. The van der Waals surface area contributed by atoms with Gasteiger partial charge in [-0.3, -0.25) is 19.3 Å². The Morgan fingerprint density at radius 3 is 2.47 bits per heavy atom. The van der Waals surface area contributed by atoms with Crippen LogP contribution in [0.25, 0.3) is 5.76 Å². The van der Waals surface area contributed by atoms with Gasteiger partial charge in [0, 0.05) is 17.3 Å². The second-order valence-electron chi connectivity index (χ2n) is 9.46. The summed E-state index contributed by atoms with van der Waals surface area (Å²) in [5.41, 5.74) is 1.21. The third-order valence-corrected chi connectivity index (χ3v) is 8.96. The van der Waals surface area contributed by atoms with Gasteiger partial charge in [0.25, 0.3) is 15.6 Å². The van der Waals surface area contributed by atoms with Crippen molar-refractivity contribution in [1.29, 1.82) is 0 Å². The topological polar surface area (TPSA) is 237 Å². The Hall–Kier alpha value is -3.40. The van der Waals surface area contributed by atoms with Gasteiger partial charge in [-0.05, 0) is 23.8 Å². The van der Waals surface area contributed by atoms with E-state index in [4.69, 9.17) is 14.6 Å². The molecule has 2 aromatic rings. The monoisotopic (exact) mass is 638 g/mol. The SMILES string of the molecule is O=C(O)c1cccc(COP(=O)([O-])OP(=O)([O-])OC[C@H]2O[C@@H](N3C=C4C=C(c5ccccc5)OC4NC3=O)[C@@H](O)C2O)c1. The van der Waals surface area contributed by atoms with Crippen LogP contribution >= 0.6 is 15.6 Å². The highest BCUT2D eigenvalue weighted by Gasteiger charge is 2.49. The Labute approximate surface area is 243 Å². The minimum absolute atomic E-state index is 0.0997. The predicted octanol–water partition coefficient (Wildman–Crippen LogP) is 0.625. The number of nitrogens with zero attached hydrogens (tertiary/aromatic N) is 1. The Kier molecular flexibility index (Phi) is 8.88. The molecule has 1 saturated heterocycles. The average molecular weight is 638 g/mol. The molecule has 0 spiro atoms. The molecule has 3 aliphatic rings. The largest absolute Gasteiger partial charge is 0.756 e. The molecular formula is C25H24N2O14P2-2. The van der Waals surface area contributed by atoms with Gasteiger partial charge >= 0.3 is 12.0 Å². The number of phosphoric ester groups is 2. The molecule has 43 heavy (non-hydrogen) atoms. The van der Waals surface area contributed by atoms with E-state index in [0.29, 0.717) is 11.3 Å². The normalized spacial score (nSPS) is 27.7. The fourth-order valence-corrected chi connectivity index (χ4v) is 6.39. The number of carbonyl (C=O) groups excluding carboxylic acids is 1. The summed E-state index contributed by atoms with van der Waals surface area (Å²) in [6, 6.07) is 13.4. The first-order valence-corrected chi connectivity index (χ1v) is 15.4. The van der Waals surface area contributed by atoms with Crippen LogP contribution in [0, 0.1) is 0 Å². The molecular weight excluding hydrogens is 614 g/mol. The molecule has 3 aliphatic heterocycles. The standard InChI is InChI=1S/C25H26N2O14P2/c28-20-19(13-38-43(35,36)41-42(33,34)37-12-14-5-4-8-16(9-14)24(30)31)40-23(21(20)29)27-11-17-10-18(15-6-2-1-3-7-15)39-22(17)26-25(27)32/h1-11,19-23,28-29H,12-13H2,(H,26,32)(H,30,31)(H,33,34)(H,35,36)/p-2/t19-,20?,21+,22?,23-/m1/s1. The van der Waals surface area contributed by atoms with E-state index in [0.717, 1.165) is 16.5 Å². The van der Waals surface area contributed by atoms with E-state index in [1.807, 2.05) is 30.3 Å². The molecule has 2 aromatic carbocycles. The maximum Gasteiger partial charge on any atom is 0.335 e. The van der Waals surface area contributed by atoms with Gasteiger partial charge in [-0.2, -0.15) is 0 Å². The zero-order chi connectivity index (χ0) is 30.9. The molecule has 0 aliphatic carbocycles. The zero-order valence-corrected chi connectivity index (χ0v) is 23.6. The summed E-state index contributed by atoms with van der Waals surface area (Å²) >= 11 is 0. The molecule has 7 atom stereocenters. The number of aliphatic hydroxyl groups excluding tert-OH is 2. The number of carboxylic acids is 1. The van der Waals surface area contributed by atoms with E-state index < -0.39 is 71.6 Å². The predicted molar refractivity (Wildman–Crippen MR) is 139 cm³/mol. The van der Waals surface area contributed by atoms with Crippen molar-refractivity contribution in [3.63, 3.8) is 0 Å². The minimum Gasteiger partial charge on any atom is -0.756 e. The molecule has 4 unspecified atom stereocenters. The summed E-state index contributed by atoms with van der Waals surface area (Å²) in [5, 5.41) is 32.6. The van der Waals surface area contributed by atoms with Gasteiger partial charge in [0.2, 0.25) is 6.23 Å². The van der Waals surface area contributed by atoms with Crippen molar-refractivity contribution in [2.45, 2.75) is 37.4 Å². The molecule has 230 valence electrons. The number of ether oxygens (including phenoxy) is 2. The van der Waals surface area contributed by atoms with Crippen molar-refractivity contribution in [2.24, 2.45) is 0 Å². The molecule has 5 rings (SSSR count). The van der Waals surface area contributed by atoms with E-state index >= 15 is 0 Å². The van der Waals surface area contributed by atoms with Crippen LogP contribution in [0.3, 0.4) is 0 Å². The van der Waals surface area contributed by atoms with Crippen LogP contribution in [-0.4, -0.2) is 69.6 Å². The number of fused-ring (bicyclic) bond motifs is 1. The maximum absolute atomic E-state index is 12.8. The quantitative estimate of drug-likeness (QED) is 0.247. The number of aromatic carboxylic acids is 1. The number of rotatable bonds is 11. The van der Waals surface area contributed by atoms with E-state index in [1.165, 1.54) is 24.4 Å². The Morgan fingerprint density at radius 2 is 1.74 bits per heavy atom. The van der Waals surface area contributed by atoms with Crippen LogP contribution in [0.15, 0.2) is 72.4 Å². The lowest BCUT2D eigenvalue weighted by Crippen LogP contribution is -2.54. The molecule has 0 aromatic heterocycles. The fraction of sp³-hybridized carbons (Fsp3) is 0.280. The number of hydrogen-bond donors (Lipinski definition) is 4. The summed E-state index contributed by atoms with van der Waals surface area (Å²) < 4.78 is 48.7. The van der Waals surface area contributed by atoms with Crippen LogP contribution in [0.5, 0.6) is 0 Å². The van der Waals surface area contributed by atoms with Crippen molar-refractivity contribution < 1.29 is 66.7 Å². The molecule has 4 N–H and O–H groups in total. The lowest BCUT2D eigenvalue weighted by Gasteiger charge is -2.33. The maximum atomic E-state index is 12.8. The first-order chi connectivity index (χ1) is 20.3. The van der Waals surface area contributed by atoms with Crippen molar-refractivity contribution in [1.82, 2.24) is 10.2 Å². The fourth-order valence-electron chi connectivity index (χ4n) is 4.40. The van der Waals surface area contributed by atoms with Gasteiger partial charge < -0.3 is 43.6 Å². The van der Waals surface area contributed by atoms with Crippen molar-refractivity contribution in [3.8, 4) is 0 Å². The molecule has 0 saturated carbocycles. The van der Waals surface area contributed by atoms with E-state index in [1.54, 1.807) is 6.08 Å². The van der Waals surface area contributed by atoms with Gasteiger partial charge in [-0.15, -0.1) is 0 Å². The smallest absolute Gasteiger partial charge is 0.335 e. The average Bonchev–Trinajstić information content (AvgIpc) is 3.50. The zero-order valence-electron chi connectivity index (χ0n) is 21.8. The number of carboxylic acid groups (broad SMARTS) is 1. The highest BCUT2D eigenvalue weighted by atomic mass is 31.3. The van der Waals surface area contributed by atoms with E-state index in [2.05, 4.69) is 18.7 Å². The van der Waals surface area contributed by atoms with E-state index in [-0.39, 0.29) is 11.1 Å². The first-order valence-electron chi connectivity index (χ1n) is 12.5. The highest BCUT2D eigenvalue weighted by molar-refractivity contribution is 7.59. The third kappa shape index (κ3) is 7.22. The Balaban J connectivity index is 1.18. The van der Waals surface area contributed by atoms with Gasteiger partial charge in [0.1, 0.15) is 24.1 Å². The molecule has 0 bridgehead atoms. The summed E-state index contributed by atoms with van der Waals surface area (Å²) in [6.07, 6.45) is -4.26. The van der Waals surface area contributed by atoms with E-state index in [9.17, 15) is 38.7 Å². The molecule has 16 nitrogen and oxygen atoms in total. The highest BCUT2D eigenvalue weighted by Crippen LogP contribution is 2.56. The van der Waals surface area contributed by atoms with Gasteiger partial charge in [0.15, 0.2) is 6.23 Å². The van der Waals surface area contributed by atoms with Crippen LogP contribution in [0.1, 0.15) is 21.5 Å². The molecule has 18 heteroatoms. The van der Waals surface area contributed by atoms with Crippen LogP contribution in [0.4, 0.5) is 4.79 Å². The molecule has 3 heterocycles. The van der Waals surface area contributed by atoms with Gasteiger partial charge in [0.05, 0.1) is 18.8 Å². The van der Waals surface area contributed by atoms with Gasteiger partial charge in [-0.25, -0.2) is 13.9 Å². The molecule has 0 radical (unpaired) electrons. The lowest BCUT2D eigenvalue weighted by atomic mass is 10.1.